The summed E-state index contributed by atoms with van der Waals surface area (Å²) in [7, 11) is 0. The van der Waals surface area contributed by atoms with Gasteiger partial charge in [-0.1, -0.05) is 26.0 Å². The number of pyridine rings is 1. The second kappa shape index (κ2) is 8.97. The fourth-order valence-electron chi connectivity index (χ4n) is 4.59. The lowest BCUT2D eigenvalue weighted by atomic mass is 9.98. The number of aromatic amines is 2. The zero-order chi connectivity index (χ0) is 25.7. The molecule has 0 unspecified atom stereocenters. The van der Waals surface area contributed by atoms with Crippen molar-refractivity contribution in [1.29, 1.82) is 0 Å². The second-order valence-electron chi connectivity index (χ2n) is 9.44. The molecule has 0 atom stereocenters. The molecule has 0 bridgehead atoms. The highest BCUT2D eigenvalue weighted by atomic mass is 32.1. The Balaban J connectivity index is 1.44. The third-order valence-electron chi connectivity index (χ3n) is 6.51. The Hall–Kier alpha value is -4.30. The van der Waals surface area contributed by atoms with Gasteiger partial charge in [-0.25, -0.2) is 0 Å². The van der Waals surface area contributed by atoms with Crippen molar-refractivity contribution in [3.05, 3.63) is 77.7 Å². The van der Waals surface area contributed by atoms with Crippen molar-refractivity contribution in [3.63, 3.8) is 0 Å². The highest BCUT2D eigenvalue weighted by Crippen LogP contribution is 2.38. The fraction of sp³-hybridized carbons (Fsp3) is 0.138. The van der Waals surface area contributed by atoms with E-state index in [0.29, 0.717) is 5.69 Å². The van der Waals surface area contributed by atoms with Crippen molar-refractivity contribution in [2.45, 2.75) is 20.8 Å². The molecule has 0 aliphatic heterocycles. The van der Waals surface area contributed by atoms with Crippen molar-refractivity contribution < 1.29 is 9.18 Å². The summed E-state index contributed by atoms with van der Waals surface area (Å²) < 4.78 is 13.7. The van der Waals surface area contributed by atoms with E-state index in [9.17, 15) is 9.18 Å². The van der Waals surface area contributed by atoms with E-state index in [-0.39, 0.29) is 17.0 Å². The molecule has 184 valence electrons. The zero-order valence-corrected chi connectivity index (χ0v) is 21.3. The smallest absolute Gasteiger partial charge is 0.226 e. The summed E-state index contributed by atoms with van der Waals surface area (Å²) >= 11 is 1.14. The van der Waals surface area contributed by atoms with Crippen LogP contribution in [0.2, 0.25) is 0 Å². The molecule has 0 saturated carbocycles. The van der Waals surface area contributed by atoms with E-state index in [0.717, 1.165) is 71.7 Å². The van der Waals surface area contributed by atoms with Gasteiger partial charge in [-0.2, -0.15) is 9.49 Å². The molecule has 1 amide bonds. The number of carbonyl (C=O) groups is 1. The minimum absolute atomic E-state index is 0.0493. The predicted octanol–water partition coefficient (Wildman–Crippen LogP) is 7.54. The van der Waals surface area contributed by atoms with Crippen LogP contribution in [-0.2, 0) is 4.79 Å². The van der Waals surface area contributed by atoms with Crippen molar-refractivity contribution in [3.8, 4) is 33.0 Å². The average Bonchev–Trinajstić information content (AvgIpc) is 3.60. The normalized spacial score (nSPS) is 11.6. The van der Waals surface area contributed by atoms with E-state index in [1.54, 1.807) is 12.4 Å². The molecular weight excluding hydrogens is 485 g/mol. The Labute approximate surface area is 216 Å². The fourth-order valence-corrected chi connectivity index (χ4v) is 5.36. The Morgan fingerprint density at radius 1 is 1.00 bits per heavy atom. The van der Waals surface area contributed by atoms with Gasteiger partial charge in [0.25, 0.3) is 0 Å². The van der Waals surface area contributed by atoms with E-state index in [2.05, 4.69) is 43.7 Å². The highest BCUT2D eigenvalue weighted by Gasteiger charge is 2.17. The van der Waals surface area contributed by atoms with Crippen LogP contribution in [0.5, 0.6) is 0 Å². The van der Waals surface area contributed by atoms with Gasteiger partial charge in [-0.05, 0) is 60.5 Å². The molecular formula is C29H24FN5OS. The van der Waals surface area contributed by atoms with Crippen molar-refractivity contribution >= 4 is 44.7 Å². The summed E-state index contributed by atoms with van der Waals surface area (Å²) in [5, 5.41) is 12.5. The van der Waals surface area contributed by atoms with Gasteiger partial charge in [0.15, 0.2) is 5.13 Å². The highest BCUT2D eigenvalue weighted by molar-refractivity contribution is 7.14. The number of H-pyrrole nitrogens is 2. The van der Waals surface area contributed by atoms with E-state index in [4.69, 9.17) is 0 Å². The topological polar surface area (TPSA) is 86.5 Å². The number of hydrogen-bond acceptors (Lipinski definition) is 4. The number of benzene rings is 2. The first-order valence-corrected chi connectivity index (χ1v) is 12.8. The van der Waals surface area contributed by atoms with E-state index in [1.807, 2.05) is 51.1 Å². The lowest BCUT2D eigenvalue weighted by Gasteiger charge is -2.11. The number of halogens is 1. The quantitative estimate of drug-likeness (QED) is 0.224. The summed E-state index contributed by atoms with van der Waals surface area (Å²) in [6, 6.07) is 17.5. The first kappa shape index (κ1) is 23.1. The number of anilines is 1. The molecule has 4 heterocycles. The van der Waals surface area contributed by atoms with Gasteiger partial charge in [-0.3, -0.25) is 14.9 Å². The maximum Gasteiger partial charge on any atom is 0.226 e. The maximum atomic E-state index is 13.7. The first-order valence-electron chi connectivity index (χ1n) is 12.0. The lowest BCUT2D eigenvalue weighted by molar-refractivity contribution is -0.118. The Morgan fingerprint density at radius 2 is 1.86 bits per heavy atom. The van der Waals surface area contributed by atoms with Gasteiger partial charge in [0, 0.05) is 44.4 Å². The number of thiophene rings is 1. The predicted molar refractivity (Wildman–Crippen MR) is 148 cm³/mol. The van der Waals surface area contributed by atoms with Crippen LogP contribution in [0.4, 0.5) is 10.1 Å². The summed E-state index contributed by atoms with van der Waals surface area (Å²) in [5.41, 5.74) is 8.18. The van der Waals surface area contributed by atoms with Crippen LogP contribution in [0.3, 0.4) is 0 Å². The summed E-state index contributed by atoms with van der Waals surface area (Å²) in [6.07, 6.45) is 3.46. The van der Waals surface area contributed by atoms with Crippen molar-refractivity contribution in [1.82, 2.24) is 20.2 Å². The van der Waals surface area contributed by atoms with Gasteiger partial charge in [0.2, 0.25) is 5.91 Å². The molecule has 37 heavy (non-hydrogen) atoms. The maximum absolute atomic E-state index is 13.7. The van der Waals surface area contributed by atoms with Gasteiger partial charge < -0.3 is 10.3 Å². The molecule has 8 heteroatoms. The summed E-state index contributed by atoms with van der Waals surface area (Å²) in [4.78, 5) is 20.9. The first-order chi connectivity index (χ1) is 17.9. The lowest BCUT2D eigenvalue weighted by Crippen LogP contribution is -2.17. The zero-order valence-electron chi connectivity index (χ0n) is 20.5. The molecule has 0 radical (unpaired) electrons. The Morgan fingerprint density at radius 3 is 2.65 bits per heavy atom. The molecule has 6 rings (SSSR count). The van der Waals surface area contributed by atoms with Crippen LogP contribution in [0.15, 0.2) is 67.0 Å². The van der Waals surface area contributed by atoms with Crippen LogP contribution in [-0.4, -0.2) is 26.1 Å². The average molecular weight is 510 g/mol. The Kier molecular flexibility index (Phi) is 5.61. The van der Waals surface area contributed by atoms with Crippen molar-refractivity contribution in [2.75, 3.05) is 5.32 Å². The molecule has 3 N–H and O–H groups in total. The molecule has 0 saturated heterocycles. The minimum atomic E-state index is -0.203. The molecule has 0 aliphatic rings. The summed E-state index contributed by atoms with van der Waals surface area (Å²) in [6.45, 7) is 5.76. The summed E-state index contributed by atoms with van der Waals surface area (Å²) in [5.74, 6) is -0.169. The number of rotatable bonds is 5. The minimum Gasteiger partial charge on any atom is -0.353 e. The standard InChI is InChI=1S/C29H24FN5OS/c1-15(2)29(36)32-18-10-17(13-31-14-18)20-11-22-24(9-16(20)3)34-35-28(22)25-12-21-19(5-4-6-23(21)33-25)26-7-8-27(30)37-26/h4-15,33H,1-3H3,(H,32,36)(H,34,35). The monoisotopic (exact) mass is 509 g/mol. The third-order valence-corrected chi connectivity index (χ3v) is 7.41. The number of nitrogens with one attached hydrogen (secondary N) is 3. The van der Waals surface area contributed by atoms with E-state index in [1.165, 1.54) is 6.07 Å². The number of hydrogen-bond donors (Lipinski definition) is 3. The SMILES string of the molecule is Cc1cc2[nH]nc(-c3cc4c(-c5ccc(F)s5)cccc4[nH]3)c2cc1-c1cncc(NC(=O)C(C)C)c1. The van der Waals surface area contributed by atoms with Crippen LogP contribution in [0, 0.1) is 18.0 Å². The number of nitrogens with zero attached hydrogens (tertiary/aromatic N) is 2. The van der Waals surface area contributed by atoms with Gasteiger partial charge >= 0.3 is 0 Å². The van der Waals surface area contributed by atoms with Gasteiger partial charge in [0.1, 0.15) is 5.69 Å². The van der Waals surface area contributed by atoms with Gasteiger partial charge in [-0.15, -0.1) is 11.3 Å². The van der Waals surface area contributed by atoms with Crippen LogP contribution in [0.1, 0.15) is 19.4 Å². The number of fused-ring (bicyclic) bond motifs is 2. The molecule has 0 aliphatic carbocycles. The second-order valence-corrected chi connectivity index (χ2v) is 10.5. The number of carbonyl (C=O) groups excluding carboxylic acids is 1. The number of aromatic nitrogens is 4. The molecule has 2 aromatic carbocycles. The molecule has 4 aromatic heterocycles. The van der Waals surface area contributed by atoms with Crippen LogP contribution >= 0.6 is 11.3 Å². The number of amides is 1. The third kappa shape index (κ3) is 4.19. The van der Waals surface area contributed by atoms with E-state index < -0.39 is 0 Å². The molecule has 6 nitrogen and oxygen atoms in total. The largest absolute Gasteiger partial charge is 0.353 e. The van der Waals surface area contributed by atoms with Crippen molar-refractivity contribution in [2.24, 2.45) is 5.92 Å². The molecule has 6 aromatic rings. The van der Waals surface area contributed by atoms with Crippen LogP contribution in [0.25, 0.3) is 54.8 Å². The number of aryl methyl sites for hydroxylation is 1. The molecule has 0 fully saturated rings. The van der Waals surface area contributed by atoms with E-state index >= 15 is 0 Å². The van der Waals surface area contributed by atoms with Gasteiger partial charge in [0.05, 0.1) is 23.1 Å². The Bertz CT molecular complexity index is 1800. The molecule has 0 spiro atoms. The van der Waals surface area contributed by atoms with Crippen LogP contribution < -0.4 is 5.32 Å².